The van der Waals surface area contributed by atoms with Crippen molar-refractivity contribution >= 4 is 0 Å². The predicted molar refractivity (Wildman–Crippen MR) is 220 cm³/mol. The van der Waals surface area contributed by atoms with Gasteiger partial charge in [-0.15, -0.1) is 0 Å². The molecule has 8 aromatic carbocycles. The number of rotatable bonds is 6. The molecule has 0 amide bonds. The van der Waals surface area contributed by atoms with E-state index in [4.69, 9.17) is 9.47 Å². The van der Waals surface area contributed by atoms with E-state index < -0.39 is 5.79 Å². The van der Waals surface area contributed by atoms with Gasteiger partial charge in [-0.25, -0.2) is 0 Å². The molecule has 0 aliphatic carbocycles. The molecule has 0 saturated heterocycles. The van der Waals surface area contributed by atoms with Gasteiger partial charge in [-0.3, -0.25) is 0 Å². The van der Waals surface area contributed by atoms with E-state index in [1.54, 1.807) is 0 Å². The van der Waals surface area contributed by atoms with Crippen LogP contribution in [0.2, 0.25) is 0 Å². The van der Waals surface area contributed by atoms with Crippen molar-refractivity contribution < 1.29 is 9.47 Å². The van der Waals surface area contributed by atoms with Crippen LogP contribution in [0.25, 0.3) is 77.9 Å². The van der Waals surface area contributed by atoms with Gasteiger partial charge in [0.2, 0.25) is 5.79 Å². The van der Waals surface area contributed by atoms with E-state index in [0.717, 1.165) is 44.9 Å². The fourth-order valence-electron chi connectivity index (χ4n) is 7.35. The lowest BCUT2D eigenvalue weighted by Crippen LogP contribution is -2.34. The fourth-order valence-corrected chi connectivity index (χ4v) is 7.35. The Hall–Kier alpha value is -6.64. The molecule has 0 fully saturated rings. The van der Waals surface area contributed by atoms with Crippen LogP contribution in [0.4, 0.5) is 0 Å². The van der Waals surface area contributed by atoms with Crippen LogP contribution in [0.1, 0.15) is 13.8 Å². The molecule has 254 valence electrons. The molecule has 2 nitrogen and oxygen atoms in total. The van der Waals surface area contributed by atoms with Gasteiger partial charge in [0.1, 0.15) is 11.5 Å². The average molecular weight is 683 g/mol. The monoisotopic (exact) mass is 682 g/mol. The normalized spacial score (nSPS) is 12.8. The summed E-state index contributed by atoms with van der Waals surface area (Å²) >= 11 is 0. The highest BCUT2D eigenvalue weighted by molar-refractivity contribution is 5.89. The summed E-state index contributed by atoms with van der Waals surface area (Å²) in [4.78, 5) is 0. The van der Waals surface area contributed by atoms with Gasteiger partial charge in [0.15, 0.2) is 0 Å². The van der Waals surface area contributed by atoms with E-state index in [1.165, 1.54) is 44.5 Å². The van der Waals surface area contributed by atoms with Crippen LogP contribution in [-0.4, -0.2) is 5.79 Å². The van der Waals surface area contributed by atoms with Crippen molar-refractivity contribution in [2.45, 2.75) is 19.6 Å². The topological polar surface area (TPSA) is 18.5 Å². The summed E-state index contributed by atoms with van der Waals surface area (Å²) in [6.07, 6.45) is 0. The molecular formula is C51H38O2. The van der Waals surface area contributed by atoms with Gasteiger partial charge in [-0.1, -0.05) is 133 Å². The lowest BCUT2D eigenvalue weighted by Gasteiger charge is -2.25. The van der Waals surface area contributed by atoms with Crippen molar-refractivity contribution in [3.63, 3.8) is 0 Å². The van der Waals surface area contributed by atoms with Gasteiger partial charge in [0, 0.05) is 25.0 Å². The summed E-state index contributed by atoms with van der Waals surface area (Å²) < 4.78 is 13.2. The second kappa shape index (κ2) is 13.5. The Balaban J connectivity index is 1.21. The van der Waals surface area contributed by atoms with Gasteiger partial charge < -0.3 is 9.47 Å². The number of ether oxygens (including phenoxy) is 2. The third kappa shape index (κ3) is 6.64. The van der Waals surface area contributed by atoms with Gasteiger partial charge >= 0.3 is 0 Å². The van der Waals surface area contributed by atoms with Gasteiger partial charge in [0.05, 0.1) is 0 Å². The second-order valence-corrected chi connectivity index (χ2v) is 14.1. The van der Waals surface area contributed by atoms with Gasteiger partial charge in [0.25, 0.3) is 0 Å². The maximum atomic E-state index is 6.58. The first kappa shape index (κ1) is 32.3. The summed E-state index contributed by atoms with van der Waals surface area (Å²) in [5, 5.41) is 0. The van der Waals surface area contributed by atoms with Crippen LogP contribution in [-0.2, 0) is 0 Å². The standard InChI is InChI=1S/C51H38O2/c1-51(2)52-49-25-23-39(45-29-41(35-15-7-3-8-16-35)27-42(30-45)36-17-9-4-10-18-36)33-47(49)48-34-40(24-26-50(48)53-51)46-31-43(37-19-11-5-12-20-37)28-44(32-46)38-21-13-6-14-22-38/h3-34H,1-2H3. The predicted octanol–water partition coefficient (Wildman–Crippen LogP) is 13.9. The van der Waals surface area contributed by atoms with Crippen molar-refractivity contribution in [2.75, 3.05) is 0 Å². The second-order valence-electron chi connectivity index (χ2n) is 14.1. The molecule has 0 N–H and O–H groups in total. The smallest absolute Gasteiger partial charge is 0.245 e. The Labute approximate surface area is 311 Å². The SMILES string of the molecule is CC1(C)Oc2ccc(-c3cc(-c4ccccc4)cc(-c4ccccc4)c3)cc2-c2cc(-c3cc(-c4ccccc4)cc(-c4ccccc4)c3)ccc2O1. The molecule has 0 atom stereocenters. The van der Waals surface area contributed by atoms with Crippen molar-refractivity contribution in [3.8, 4) is 89.4 Å². The van der Waals surface area contributed by atoms with Crippen molar-refractivity contribution in [1.82, 2.24) is 0 Å². The average Bonchev–Trinajstić information content (AvgIpc) is 3.33. The van der Waals surface area contributed by atoms with E-state index in [1.807, 2.05) is 13.8 Å². The fraction of sp³-hybridized carbons (Fsp3) is 0.0588. The zero-order valence-electron chi connectivity index (χ0n) is 29.8. The summed E-state index contributed by atoms with van der Waals surface area (Å²) in [5.41, 5.74) is 15.9. The molecule has 1 aliphatic rings. The first-order valence-corrected chi connectivity index (χ1v) is 18.1. The van der Waals surface area contributed by atoms with Gasteiger partial charge in [-0.05, 0) is 127 Å². The van der Waals surface area contributed by atoms with Crippen LogP contribution in [0.3, 0.4) is 0 Å². The number of hydrogen-bond acceptors (Lipinski definition) is 2. The molecular weight excluding hydrogens is 645 g/mol. The Morgan fingerprint density at radius 3 is 0.811 bits per heavy atom. The molecule has 0 unspecified atom stereocenters. The summed E-state index contributed by atoms with van der Waals surface area (Å²) in [5.74, 6) is 0.727. The van der Waals surface area contributed by atoms with E-state index in [2.05, 4.69) is 194 Å². The molecule has 2 heteroatoms. The first-order chi connectivity index (χ1) is 26.0. The van der Waals surface area contributed by atoms with Crippen molar-refractivity contribution in [3.05, 3.63) is 194 Å². The van der Waals surface area contributed by atoms with Crippen LogP contribution < -0.4 is 9.47 Å². The molecule has 0 bridgehead atoms. The molecule has 0 saturated carbocycles. The third-order valence-electron chi connectivity index (χ3n) is 9.92. The summed E-state index contributed by atoms with van der Waals surface area (Å²) in [6, 6.07) is 69.2. The molecule has 8 aromatic rings. The Morgan fingerprint density at radius 2 is 0.528 bits per heavy atom. The molecule has 0 aromatic heterocycles. The van der Waals surface area contributed by atoms with E-state index >= 15 is 0 Å². The first-order valence-electron chi connectivity index (χ1n) is 18.1. The van der Waals surface area contributed by atoms with Gasteiger partial charge in [-0.2, -0.15) is 0 Å². The highest BCUT2D eigenvalue weighted by Crippen LogP contribution is 2.47. The maximum Gasteiger partial charge on any atom is 0.245 e. The number of benzene rings is 8. The summed E-state index contributed by atoms with van der Waals surface area (Å²) in [6.45, 7) is 3.94. The largest absolute Gasteiger partial charge is 0.452 e. The maximum absolute atomic E-state index is 6.58. The quantitative estimate of drug-likeness (QED) is 0.174. The Kier molecular flexibility index (Phi) is 8.21. The lowest BCUT2D eigenvalue weighted by molar-refractivity contribution is -0.0778. The van der Waals surface area contributed by atoms with Crippen LogP contribution in [0.5, 0.6) is 11.5 Å². The third-order valence-corrected chi connectivity index (χ3v) is 9.92. The number of hydrogen-bond donors (Lipinski definition) is 0. The molecule has 1 aliphatic heterocycles. The van der Waals surface area contributed by atoms with Crippen LogP contribution in [0, 0.1) is 0 Å². The minimum absolute atomic E-state index is 0.792. The van der Waals surface area contributed by atoms with E-state index in [9.17, 15) is 0 Å². The zero-order chi connectivity index (χ0) is 35.8. The number of fused-ring (bicyclic) bond motifs is 3. The minimum atomic E-state index is -0.857. The minimum Gasteiger partial charge on any atom is -0.452 e. The van der Waals surface area contributed by atoms with Crippen LogP contribution in [0.15, 0.2) is 194 Å². The van der Waals surface area contributed by atoms with Crippen molar-refractivity contribution in [1.29, 1.82) is 0 Å². The van der Waals surface area contributed by atoms with Crippen molar-refractivity contribution in [2.24, 2.45) is 0 Å². The molecule has 0 spiro atoms. The molecule has 1 heterocycles. The van der Waals surface area contributed by atoms with Crippen LogP contribution >= 0.6 is 0 Å². The highest BCUT2D eigenvalue weighted by Gasteiger charge is 2.30. The molecule has 53 heavy (non-hydrogen) atoms. The molecule has 0 radical (unpaired) electrons. The van der Waals surface area contributed by atoms with E-state index in [-0.39, 0.29) is 0 Å². The Bertz CT molecular complexity index is 2260. The van der Waals surface area contributed by atoms with E-state index in [0.29, 0.717) is 0 Å². The summed E-state index contributed by atoms with van der Waals surface area (Å²) in [7, 11) is 0. The molecule has 9 rings (SSSR count). The highest BCUT2D eigenvalue weighted by atomic mass is 16.7. The Morgan fingerprint density at radius 1 is 0.264 bits per heavy atom. The lowest BCUT2D eigenvalue weighted by atomic mass is 9.90. The zero-order valence-corrected chi connectivity index (χ0v) is 29.8.